The third-order valence-electron chi connectivity index (χ3n) is 3.92. The molecule has 5 unspecified atom stereocenters. The first-order valence-electron chi connectivity index (χ1n) is 6.77. The molecular weight excluding hydrogens is 296 g/mol. The fourth-order valence-electron chi connectivity index (χ4n) is 2.97. The second-order valence-corrected chi connectivity index (χ2v) is 5.36. The van der Waals surface area contributed by atoms with E-state index in [4.69, 9.17) is 14.6 Å². The average molecular weight is 312 g/mol. The van der Waals surface area contributed by atoms with Gasteiger partial charge in [0.05, 0.1) is 0 Å². The summed E-state index contributed by atoms with van der Waals surface area (Å²) >= 11 is 0. The van der Waals surface area contributed by atoms with E-state index in [9.17, 15) is 19.2 Å². The van der Waals surface area contributed by atoms with Crippen LogP contribution in [0.15, 0.2) is 12.7 Å². The van der Waals surface area contributed by atoms with Crippen molar-refractivity contribution in [2.75, 3.05) is 6.61 Å². The summed E-state index contributed by atoms with van der Waals surface area (Å²) in [6.45, 7) is 4.37. The van der Waals surface area contributed by atoms with Crippen molar-refractivity contribution in [2.24, 2.45) is 17.8 Å². The predicted molar refractivity (Wildman–Crippen MR) is 69.3 cm³/mol. The maximum absolute atomic E-state index is 11.7. The predicted octanol–water partition coefficient (Wildman–Crippen LogP) is -0.0904. The van der Waals surface area contributed by atoms with Crippen LogP contribution in [0.5, 0.6) is 0 Å². The van der Waals surface area contributed by atoms with E-state index in [1.54, 1.807) is 6.92 Å². The summed E-state index contributed by atoms with van der Waals surface area (Å²) in [6.07, 6.45) is -0.212. The lowest BCUT2D eigenvalue weighted by Crippen LogP contribution is -2.49. The van der Waals surface area contributed by atoms with Gasteiger partial charge in [-0.1, -0.05) is 13.5 Å². The molecule has 1 saturated carbocycles. The number of carbonyl (C=O) groups is 4. The number of aliphatic carboxylic acids is 1. The molecule has 8 heteroatoms. The second kappa shape index (κ2) is 6.17. The molecule has 1 N–H and O–H groups in total. The third kappa shape index (κ3) is 2.95. The van der Waals surface area contributed by atoms with Crippen LogP contribution in [0, 0.1) is 17.8 Å². The van der Waals surface area contributed by atoms with Gasteiger partial charge in [-0.2, -0.15) is 0 Å². The molecule has 0 amide bonds. The van der Waals surface area contributed by atoms with Crippen molar-refractivity contribution < 1.29 is 38.5 Å². The Morgan fingerprint density at radius 2 is 2.14 bits per heavy atom. The van der Waals surface area contributed by atoms with E-state index in [0.29, 0.717) is 6.42 Å². The lowest BCUT2D eigenvalue weighted by molar-refractivity contribution is -0.193. The van der Waals surface area contributed by atoms with E-state index in [-0.39, 0.29) is 5.92 Å². The number of carbonyl (C=O) groups excluding carboxylic acids is 3. The van der Waals surface area contributed by atoms with Gasteiger partial charge < -0.3 is 19.3 Å². The second-order valence-electron chi connectivity index (χ2n) is 5.36. The number of ether oxygens (including phenoxy) is 3. The summed E-state index contributed by atoms with van der Waals surface area (Å²) in [7, 11) is 0. The van der Waals surface area contributed by atoms with Crippen molar-refractivity contribution in [3.63, 3.8) is 0 Å². The van der Waals surface area contributed by atoms with Crippen molar-refractivity contribution >= 4 is 23.9 Å². The molecule has 0 aromatic carbocycles. The van der Waals surface area contributed by atoms with E-state index < -0.39 is 54.5 Å². The summed E-state index contributed by atoms with van der Waals surface area (Å²) in [5.41, 5.74) is 0. The van der Waals surface area contributed by atoms with Gasteiger partial charge in [-0.3, -0.25) is 9.59 Å². The molecule has 120 valence electrons. The summed E-state index contributed by atoms with van der Waals surface area (Å²) in [6, 6.07) is 0. The average Bonchev–Trinajstić information content (AvgIpc) is 2.65. The molecule has 0 radical (unpaired) electrons. The van der Waals surface area contributed by atoms with Gasteiger partial charge in [-0.25, -0.2) is 9.59 Å². The topological polar surface area (TPSA) is 116 Å². The lowest BCUT2D eigenvalue weighted by atomic mass is 9.87. The van der Waals surface area contributed by atoms with Crippen LogP contribution in [0.3, 0.4) is 0 Å². The first-order valence-corrected chi connectivity index (χ1v) is 6.77. The van der Waals surface area contributed by atoms with Crippen LogP contribution in [-0.4, -0.2) is 47.8 Å². The molecule has 1 aliphatic carbocycles. The highest BCUT2D eigenvalue weighted by Gasteiger charge is 2.58. The van der Waals surface area contributed by atoms with Crippen LogP contribution in [0.4, 0.5) is 0 Å². The number of carboxylic acid groups (broad SMARTS) is 1. The number of rotatable bonds is 5. The molecular formula is C14H16O8. The summed E-state index contributed by atoms with van der Waals surface area (Å²) in [5, 5.41) is 9.15. The van der Waals surface area contributed by atoms with Crippen LogP contribution >= 0.6 is 0 Å². The molecule has 2 aliphatic rings. The highest BCUT2D eigenvalue weighted by molar-refractivity contribution is 5.95. The normalized spacial score (nSPS) is 32.8. The molecule has 5 atom stereocenters. The molecule has 1 saturated heterocycles. The van der Waals surface area contributed by atoms with Gasteiger partial charge in [0.2, 0.25) is 0 Å². The Hall–Kier alpha value is -2.38. The monoisotopic (exact) mass is 312 g/mol. The fraction of sp³-hybridized carbons (Fsp3) is 0.571. The van der Waals surface area contributed by atoms with Crippen LogP contribution in [0.1, 0.15) is 13.3 Å². The van der Waals surface area contributed by atoms with Crippen molar-refractivity contribution in [2.45, 2.75) is 25.6 Å². The number of fused-ring (bicyclic) bond motifs is 2. The Morgan fingerprint density at radius 1 is 1.45 bits per heavy atom. The molecule has 0 aromatic heterocycles. The van der Waals surface area contributed by atoms with Crippen molar-refractivity contribution in [1.82, 2.24) is 0 Å². The Labute approximate surface area is 126 Å². The van der Waals surface area contributed by atoms with E-state index in [1.807, 2.05) is 0 Å². The highest BCUT2D eigenvalue weighted by Crippen LogP contribution is 2.44. The first kappa shape index (κ1) is 16.0. The molecule has 8 nitrogen and oxygen atoms in total. The van der Waals surface area contributed by atoms with E-state index in [2.05, 4.69) is 11.3 Å². The van der Waals surface area contributed by atoms with Crippen LogP contribution < -0.4 is 0 Å². The Bertz CT molecular complexity index is 525. The highest BCUT2D eigenvalue weighted by atomic mass is 16.6. The van der Waals surface area contributed by atoms with Gasteiger partial charge >= 0.3 is 23.9 Å². The molecule has 2 fully saturated rings. The molecule has 2 rings (SSSR count). The zero-order chi connectivity index (χ0) is 16.4. The van der Waals surface area contributed by atoms with Gasteiger partial charge in [0.15, 0.2) is 12.5 Å². The molecule has 1 aliphatic heterocycles. The molecule has 22 heavy (non-hydrogen) atoms. The van der Waals surface area contributed by atoms with Crippen LogP contribution in [-0.2, 0) is 33.4 Å². The van der Waals surface area contributed by atoms with Gasteiger partial charge in [0.25, 0.3) is 0 Å². The molecule has 2 bridgehead atoms. The minimum Gasteiger partial charge on any atom is -0.481 e. The van der Waals surface area contributed by atoms with Crippen molar-refractivity contribution in [3.05, 3.63) is 12.7 Å². The Kier molecular flexibility index (Phi) is 4.48. The minimum atomic E-state index is -1.35. The minimum absolute atomic E-state index is 0.119. The van der Waals surface area contributed by atoms with Crippen LogP contribution in [0.2, 0.25) is 0 Å². The maximum Gasteiger partial charge on any atom is 0.344 e. The van der Waals surface area contributed by atoms with Crippen LogP contribution in [0.25, 0.3) is 0 Å². The smallest absolute Gasteiger partial charge is 0.344 e. The number of esters is 3. The zero-order valence-electron chi connectivity index (χ0n) is 11.9. The number of hydrogen-bond donors (Lipinski definition) is 1. The Morgan fingerprint density at radius 3 is 2.73 bits per heavy atom. The Balaban J connectivity index is 2.05. The molecule has 0 spiro atoms. The summed E-state index contributed by atoms with van der Waals surface area (Å²) < 4.78 is 14.8. The first-order chi connectivity index (χ1) is 10.3. The summed E-state index contributed by atoms with van der Waals surface area (Å²) in [5.74, 6) is -5.82. The van der Waals surface area contributed by atoms with Crippen molar-refractivity contribution in [3.8, 4) is 0 Å². The standard InChI is InChI=1S/C14H16O8/c1-3-8(15)20-5-9(16)21-12-7-4-6(2)11(12)22-14(19)10(7)13(17)18/h3,6-7,10-12H,1,4-5H2,2H3,(H,17,18). The fourth-order valence-corrected chi connectivity index (χ4v) is 2.97. The third-order valence-corrected chi connectivity index (χ3v) is 3.92. The lowest BCUT2D eigenvalue weighted by Gasteiger charge is -2.33. The number of carboxylic acids is 1. The van der Waals surface area contributed by atoms with Crippen molar-refractivity contribution in [1.29, 1.82) is 0 Å². The van der Waals surface area contributed by atoms with Gasteiger partial charge in [-0.15, -0.1) is 0 Å². The SMILES string of the molecule is C=CC(=O)OCC(=O)OC1C2CC(C)C1OC(=O)C2C(=O)O. The van der Waals surface area contributed by atoms with E-state index in [0.717, 1.165) is 6.08 Å². The van der Waals surface area contributed by atoms with Gasteiger partial charge in [0, 0.05) is 12.0 Å². The zero-order valence-corrected chi connectivity index (χ0v) is 11.9. The molecule has 0 aromatic rings. The quantitative estimate of drug-likeness (QED) is 0.324. The van der Waals surface area contributed by atoms with Gasteiger partial charge in [0.1, 0.15) is 12.2 Å². The van der Waals surface area contributed by atoms with Gasteiger partial charge in [-0.05, 0) is 12.3 Å². The largest absolute Gasteiger partial charge is 0.481 e. The maximum atomic E-state index is 11.7. The summed E-state index contributed by atoms with van der Waals surface area (Å²) in [4.78, 5) is 45.5. The molecule has 1 heterocycles. The van der Waals surface area contributed by atoms with E-state index in [1.165, 1.54) is 0 Å². The van der Waals surface area contributed by atoms with E-state index >= 15 is 0 Å². The number of hydrogen-bond acceptors (Lipinski definition) is 7.